The lowest BCUT2D eigenvalue weighted by Gasteiger charge is -2.50. The number of hydrogen-bond donors (Lipinski definition) is 0. The quantitative estimate of drug-likeness (QED) is 0.127. The van der Waals surface area contributed by atoms with E-state index < -0.39 is 29.8 Å². The highest BCUT2D eigenvalue weighted by atomic mass is 35.5. The lowest BCUT2D eigenvalue weighted by molar-refractivity contribution is -0.130. The van der Waals surface area contributed by atoms with Crippen molar-refractivity contribution in [2.24, 2.45) is 0 Å². The molecule has 196 valence electrons. The lowest BCUT2D eigenvalue weighted by atomic mass is 9.85. The minimum absolute atomic E-state index is 0.179. The molecule has 0 aliphatic carbocycles. The van der Waals surface area contributed by atoms with E-state index in [-0.39, 0.29) is 41.3 Å². The molecule has 0 aromatic heterocycles. The first-order valence-electron chi connectivity index (χ1n) is 10.8. The topological polar surface area (TPSA) is 76.1 Å². The molecular formula is C25H14Cl6N2O5. The normalized spacial score (nSPS) is 18.6. The zero-order valence-electron chi connectivity index (χ0n) is 19.3. The number of carbonyl (C=O) groups excluding carboxylic acids is 3. The van der Waals surface area contributed by atoms with Crippen LogP contribution >= 0.6 is 69.6 Å². The second-order valence-corrected chi connectivity index (χ2v) is 10.7. The Balaban J connectivity index is 1.70. The Bertz CT molecular complexity index is 1490. The van der Waals surface area contributed by atoms with Crippen molar-refractivity contribution >= 4 is 93.0 Å². The molecule has 2 heterocycles. The van der Waals surface area contributed by atoms with Crippen molar-refractivity contribution in [3.63, 3.8) is 0 Å². The Kier molecular flexibility index (Phi) is 7.14. The van der Waals surface area contributed by atoms with Crippen molar-refractivity contribution in [2.45, 2.75) is 12.1 Å². The van der Waals surface area contributed by atoms with Gasteiger partial charge in [0.1, 0.15) is 17.5 Å². The lowest BCUT2D eigenvalue weighted by Crippen LogP contribution is -2.67. The van der Waals surface area contributed by atoms with E-state index in [9.17, 15) is 14.4 Å². The summed E-state index contributed by atoms with van der Waals surface area (Å²) in [5.41, 5.74) is 0.337. The molecule has 2 atom stereocenters. The summed E-state index contributed by atoms with van der Waals surface area (Å²) in [6.45, 7) is 0. The van der Waals surface area contributed by atoms with Gasteiger partial charge in [0.05, 0.1) is 51.5 Å². The van der Waals surface area contributed by atoms with Gasteiger partial charge in [-0.2, -0.15) is 0 Å². The van der Waals surface area contributed by atoms with E-state index in [1.165, 1.54) is 37.3 Å². The fourth-order valence-electron chi connectivity index (χ4n) is 4.69. The zero-order chi connectivity index (χ0) is 27.6. The average molecular weight is 635 g/mol. The average Bonchev–Trinajstić information content (AvgIpc) is 3.13. The summed E-state index contributed by atoms with van der Waals surface area (Å²) in [5, 5.41) is -0.273. The summed E-state index contributed by atoms with van der Waals surface area (Å²) in [7, 11) is 2.93. The van der Waals surface area contributed by atoms with Crippen LogP contribution < -0.4 is 14.4 Å². The van der Waals surface area contributed by atoms with Crippen LogP contribution in [0.1, 0.15) is 32.3 Å². The Morgan fingerprint density at radius 1 is 0.658 bits per heavy atom. The Hall–Kier alpha value is -2.39. The number of fused-ring (bicyclic) bond motifs is 1. The van der Waals surface area contributed by atoms with Crippen molar-refractivity contribution in [2.75, 3.05) is 19.1 Å². The molecule has 7 nitrogen and oxygen atoms in total. The molecule has 3 aromatic carbocycles. The summed E-state index contributed by atoms with van der Waals surface area (Å²) >= 11 is 37.4. The number of carbonyl (C=O) groups is 3. The van der Waals surface area contributed by atoms with Crippen molar-refractivity contribution in [1.29, 1.82) is 0 Å². The van der Waals surface area contributed by atoms with E-state index in [4.69, 9.17) is 79.1 Å². The van der Waals surface area contributed by atoms with E-state index in [1.54, 1.807) is 18.2 Å². The minimum Gasteiger partial charge on any atom is -0.497 e. The van der Waals surface area contributed by atoms with Gasteiger partial charge in [-0.3, -0.25) is 19.3 Å². The predicted octanol–water partition coefficient (Wildman–Crippen LogP) is 7.38. The molecule has 5 rings (SSSR count). The van der Waals surface area contributed by atoms with E-state index in [0.29, 0.717) is 22.7 Å². The molecule has 0 N–H and O–H groups in total. The molecule has 0 spiro atoms. The van der Waals surface area contributed by atoms with Crippen molar-refractivity contribution in [3.8, 4) is 11.5 Å². The summed E-state index contributed by atoms with van der Waals surface area (Å²) in [6, 6.07) is 7.31. The molecule has 2 aliphatic heterocycles. The number of halogens is 6. The van der Waals surface area contributed by atoms with Crippen LogP contribution in [0.15, 0.2) is 36.4 Å². The molecule has 1 fully saturated rings. The molecule has 3 amide bonds. The maximum Gasteiger partial charge on any atom is 0.264 e. The second-order valence-electron chi connectivity index (χ2n) is 8.32. The van der Waals surface area contributed by atoms with Gasteiger partial charge >= 0.3 is 0 Å². The Labute approximate surface area is 246 Å². The number of rotatable bonds is 5. The van der Waals surface area contributed by atoms with Gasteiger partial charge in [-0.25, -0.2) is 0 Å². The van der Waals surface area contributed by atoms with E-state index in [2.05, 4.69) is 0 Å². The van der Waals surface area contributed by atoms with Gasteiger partial charge in [-0.1, -0.05) is 69.6 Å². The maximum atomic E-state index is 13.8. The third kappa shape index (κ3) is 3.99. The molecular weight excluding hydrogens is 621 g/mol. The molecule has 2 aliphatic rings. The van der Waals surface area contributed by atoms with E-state index in [0.717, 1.165) is 4.90 Å². The summed E-state index contributed by atoms with van der Waals surface area (Å²) in [4.78, 5) is 43.2. The second kappa shape index (κ2) is 9.97. The first kappa shape index (κ1) is 27.2. The van der Waals surface area contributed by atoms with Gasteiger partial charge < -0.3 is 14.4 Å². The summed E-state index contributed by atoms with van der Waals surface area (Å²) in [5.74, 6) is -1.44. The largest absolute Gasteiger partial charge is 0.497 e. The van der Waals surface area contributed by atoms with Gasteiger partial charge in [0, 0.05) is 21.3 Å². The number of imide groups is 1. The SMILES string of the molecule is COc1ccc(OC)c([C@@H]2[C@@H](N3C(=O)c4c(Cl)c(Cl)c(Cl)c(Cl)c4C3=O)C(=O)N2c2cc(Cl)cc(Cl)c2)c1. The van der Waals surface area contributed by atoms with Gasteiger partial charge in [-0.05, 0) is 36.4 Å². The first-order chi connectivity index (χ1) is 18.0. The molecule has 3 aromatic rings. The third-order valence-corrected chi connectivity index (χ3v) is 8.60. The highest BCUT2D eigenvalue weighted by Crippen LogP contribution is 2.51. The fraction of sp³-hybridized carbons (Fsp3) is 0.160. The van der Waals surface area contributed by atoms with Crippen molar-refractivity contribution in [3.05, 3.63) is 83.2 Å². The number of methoxy groups -OCH3 is 2. The Morgan fingerprint density at radius 3 is 1.71 bits per heavy atom. The first-order valence-corrected chi connectivity index (χ1v) is 13.0. The van der Waals surface area contributed by atoms with Crippen LogP contribution in [-0.2, 0) is 4.79 Å². The van der Waals surface area contributed by atoms with E-state index in [1.807, 2.05) is 0 Å². The minimum atomic E-state index is -1.31. The number of anilines is 1. The molecule has 0 unspecified atom stereocenters. The molecule has 0 saturated carbocycles. The van der Waals surface area contributed by atoms with Gasteiger partial charge in [0.15, 0.2) is 0 Å². The highest BCUT2D eigenvalue weighted by Gasteiger charge is 2.59. The van der Waals surface area contributed by atoms with Crippen LogP contribution in [0.2, 0.25) is 30.1 Å². The number of hydrogen-bond acceptors (Lipinski definition) is 5. The van der Waals surface area contributed by atoms with Crippen LogP contribution in [0.5, 0.6) is 11.5 Å². The molecule has 0 bridgehead atoms. The van der Waals surface area contributed by atoms with Crippen molar-refractivity contribution < 1.29 is 23.9 Å². The molecule has 13 heteroatoms. The molecule has 38 heavy (non-hydrogen) atoms. The van der Waals surface area contributed by atoms with Gasteiger partial charge in [-0.15, -0.1) is 0 Å². The van der Waals surface area contributed by atoms with Crippen LogP contribution in [-0.4, -0.2) is 42.9 Å². The third-order valence-electron chi connectivity index (χ3n) is 6.36. The predicted molar refractivity (Wildman–Crippen MR) is 147 cm³/mol. The van der Waals surface area contributed by atoms with Gasteiger partial charge in [0.25, 0.3) is 17.7 Å². The number of amides is 3. The van der Waals surface area contributed by atoms with Gasteiger partial charge in [0.2, 0.25) is 0 Å². The number of nitrogens with zero attached hydrogens (tertiary/aromatic N) is 2. The highest BCUT2D eigenvalue weighted by molar-refractivity contribution is 6.55. The van der Waals surface area contributed by atoms with Crippen LogP contribution in [0, 0.1) is 0 Å². The van der Waals surface area contributed by atoms with Crippen LogP contribution in [0.25, 0.3) is 0 Å². The molecule has 1 saturated heterocycles. The smallest absolute Gasteiger partial charge is 0.264 e. The monoisotopic (exact) mass is 632 g/mol. The number of benzene rings is 3. The summed E-state index contributed by atoms with van der Waals surface area (Å²) in [6.07, 6.45) is 0. The van der Waals surface area contributed by atoms with Crippen LogP contribution in [0.3, 0.4) is 0 Å². The number of β-lactam (4-membered cyclic amide) rings is 1. The summed E-state index contributed by atoms with van der Waals surface area (Å²) < 4.78 is 10.9. The zero-order valence-corrected chi connectivity index (χ0v) is 23.9. The maximum absolute atomic E-state index is 13.8. The van der Waals surface area contributed by atoms with E-state index >= 15 is 0 Å². The van der Waals surface area contributed by atoms with Crippen molar-refractivity contribution in [1.82, 2.24) is 4.90 Å². The number of ether oxygens (including phenoxy) is 2. The Morgan fingerprint density at radius 2 is 1.21 bits per heavy atom. The van der Waals surface area contributed by atoms with Crippen LogP contribution in [0.4, 0.5) is 5.69 Å². The molecule has 0 radical (unpaired) electrons. The fourth-order valence-corrected chi connectivity index (χ4v) is 6.22. The standard InChI is InChI=1S/C25H14Cl6N2O5/c1-37-12-3-4-14(38-2)13(8-12)21-22(25(36)32(21)11-6-9(26)5-10(27)7-11)33-23(34)15-16(24(33)35)18(29)20(31)19(30)17(15)28/h3-8,21-22H,1-2H3/t21-,22-/m1/s1.